The Morgan fingerprint density at radius 2 is 1.53 bits per heavy atom. The SMILES string of the molecule is CCC(Sc1cccc(NC(=O)/C(=C\c2ccc(OC)cc2)NC(=O)c2ccccc2)c1)C(=O)Nc1ccccc1OC. The third kappa shape index (κ3) is 8.73. The standard InChI is InChI=1S/C34H33N3O5S/c1-4-31(34(40)36-28-15-8-9-16-30(28)42-3)43-27-14-10-13-25(22-27)35-33(39)29(21-23-17-19-26(41-2)20-18-23)37-32(38)24-11-6-5-7-12-24/h5-22,31H,4H2,1-3H3,(H,35,39)(H,36,40)(H,37,38)/b29-21+. The van der Waals surface area contributed by atoms with Crippen molar-refractivity contribution in [2.24, 2.45) is 0 Å². The number of hydrogen-bond acceptors (Lipinski definition) is 6. The van der Waals surface area contributed by atoms with Gasteiger partial charge in [-0.3, -0.25) is 14.4 Å². The lowest BCUT2D eigenvalue weighted by molar-refractivity contribution is -0.116. The van der Waals surface area contributed by atoms with Gasteiger partial charge in [0, 0.05) is 16.1 Å². The van der Waals surface area contributed by atoms with Gasteiger partial charge in [-0.25, -0.2) is 0 Å². The Hall–Kier alpha value is -5.02. The maximum Gasteiger partial charge on any atom is 0.272 e. The Labute approximate surface area is 255 Å². The van der Waals surface area contributed by atoms with Crippen LogP contribution in [0, 0.1) is 0 Å². The molecule has 4 rings (SSSR count). The molecule has 0 aliphatic carbocycles. The number of anilines is 2. The number of rotatable bonds is 12. The van der Waals surface area contributed by atoms with Crippen molar-refractivity contribution in [2.75, 3.05) is 24.9 Å². The highest BCUT2D eigenvalue weighted by Gasteiger charge is 2.20. The Kier molecular flexibility index (Phi) is 11.0. The summed E-state index contributed by atoms with van der Waals surface area (Å²) in [6, 6.07) is 30.3. The Bertz CT molecular complexity index is 1590. The van der Waals surface area contributed by atoms with E-state index in [9.17, 15) is 14.4 Å². The minimum absolute atomic E-state index is 0.0692. The number of hydrogen-bond donors (Lipinski definition) is 3. The molecule has 0 aliphatic rings. The van der Waals surface area contributed by atoms with Gasteiger partial charge in [0.2, 0.25) is 5.91 Å². The molecule has 0 saturated heterocycles. The lowest BCUT2D eigenvalue weighted by Gasteiger charge is -2.17. The van der Waals surface area contributed by atoms with Gasteiger partial charge >= 0.3 is 0 Å². The van der Waals surface area contributed by atoms with Crippen LogP contribution in [0.4, 0.5) is 11.4 Å². The molecule has 9 heteroatoms. The van der Waals surface area contributed by atoms with Crippen LogP contribution < -0.4 is 25.4 Å². The molecule has 0 radical (unpaired) electrons. The predicted molar refractivity (Wildman–Crippen MR) is 172 cm³/mol. The van der Waals surface area contributed by atoms with Crippen LogP contribution in [0.3, 0.4) is 0 Å². The van der Waals surface area contributed by atoms with E-state index >= 15 is 0 Å². The molecule has 4 aromatic rings. The molecule has 0 heterocycles. The summed E-state index contributed by atoms with van der Waals surface area (Å²) in [4.78, 5) is 40.3. The lowest BCUT2D eigenvalue weighted by Crippen LogP contribution is -2.30. The van der Waals surface area contributed by atoms with Crippen LogP contribution in [-0.2, 0) is 9.59 Å². The van der Waals surface area contributed by atoms with Gasteiger partial charge in [-0.1, -0.05) is 55.5 Å². The molecule has 4 aromatic carbocycles. The maximum absolute atomic E-state index is 13.5. The zero-order valence-electron chi connectivity index (χ0n) is 24.1. The predicted octanol–water partition coefficient (Wildman–Crippen LogP) is 6.62. The molecule has 0 spiro atoms. The van der Waals surface area contributed by atoms with Gasteiger partial charge in [0.15, 0.2) is 0 Å². The molecule has 0 fully saturated rings. The minimum Gasteiger partial charge on any atom is -0.497 e. The molecule has 0 aromatic heterocycles. The number of para-hydroxylation sites is 2. The number of thioether (sulfide) groups is 1. The van der Waals surface area contributed by atoms with E-state index < -0.39 is 11.8 Å². The number of methoxy groups -OCH3 is 2. The lowest BCUT2D eigenvalue weighted by atomic mass is 10.1. The molecule has 8 nitrogen and oxygen atoms in total. The Balaban J connectivity index is 1.50. The zero-order valence-corrected chi connectivity index (χ0v) is 24.9. The summed E-state index contributed by atoms with van der Waals surface area (Å²) in [6.45, 7) is 1.94. The first kappa shape index (κ1) is 30.9. The van der Waals surface area contributed by atoms with Crippen LogP contribution in [0.15, 0.2) is 114 Å². The normalized spacial score (nSPS) is 11.7. The number of ether oxygens (including phenoxy) is 2. The van der Waals surface area contributed by atoms with Crippen LogP contribution in [0.1, 0.15) is 29.3 Å². The topological polar surface area (TPSA) is 106 Å². The van der Waals surface area contributed by atoms with E-state index in [4.69, 9.17) is 9.47 Å². The van der Waals surface area contributed by atoms with Crippen LogP contribution >= 0.6 is 11.8 Å². The van der Waals surface area contributed by atoms with E-state index in [-0.39, 0.29) is 16.9 Å². The molecule has 3 N–H and O–H groups in total. The number of nitrogens with one attached hydrogen (secondary N) is 3. The largest absolute Gasteiger partial charge is 0.497 e. The highest BCUT2D eigenvalue weighted by Crippen LogP contribution is 2.30. The van der Waals surface area contributed by atoms with Crippen molar-refractivity contribution in [1.82, 2.24) is 5.32 Å². The summed E-state index contributed by atoms with van der Waals surface area (Å²) in [7, 11) is 3.13. The van der Waals surface area contributed by atoms with Crippen LogP contribution in [0.25, 0.3) is 6.08 Å². The minimum atomic E-state index is -0.497. The quantitative estimate of drug-likeness (QED) is 0.126. The van der Waals surface area contributed by atoms with Crippen LogP contribution in [0.5, 0.6) is 11.5 Å². The molecule has 43 heavy (non-hydrogen) atoms. The van der Waals surface area contributed by atoms with Gasteiger partial charge in [0.1, 0.15) is 17.2 Å². The summed E-state index contributed by atoms with van der Waals surface area (Å²) in [5.74, 6) is 0.195. The molecule has 1 unspecified atom stereocenters. The molecule has 0 bridgehead atoms. The highest BCUT2D eigenvalue weighted by atomic mass is 32.2. The molecular formula is C34H33N3O5S. The van der Waals surface area contributed by atoms with E-state index in [1.54, 1.807) is 99.2 Å². The first-order valence-corrected chi connectivity index (χ1v) is 14.5. The smallest absolute Gasteiger partial charge is 0.272 e. The maximum atomic E-state index is 13.5. The summed E-state index contributed by atoms with van der Waals surface area (Å²) >= 11 is 1.39. The second-order valence-electron chi connectivity index (χ2n) is 9.34. The van der Waals surface area contributed by atoms with Crippen molar-refractivity contribution < 1.29 is 23.9 Å². The van der Waals surface area contributed by atoms with Gasteiger partial charge in [-0.15, -0.1) is 11.8 Å². The van der Waals surface area contributed by atoms with E-state index in [1.165, 1.54) is 11.8 Å². The highest BCUT2D eigenvalue weighted by molar-refractivity contribution is 8.00. The van der Waals surface area contributed by atoms with Crippen LogP contribution in [0.2, 0.25) is 0 Å². The number of carbonyl (C=O) groups is 3. The third-order valence-corrected chi connectivity index (χ3v) is 7.71. The van der Waals surface area contributed by atoms with Gasteiger partial charge in [-0.2, -0.15) is 0 Å². The van der Waals surface area contributed by atoms with Crippen LogP contribution in [-0.4, -0.2) is 37.2 Å². The zero-order chi connectivity index (χ0) is 30.6. The summed E-state index contributed by atoms with van der Waals surface area (Å²) in [5, 5.41) is 8.19. The van der Waals surface area contributed by atoms with Crippen molar-refractivity contribution in [3.05, 3.63) is 120 Å². The first-order valence-electron chi connectivity index (χ1n) is 13.6. The van der Waals surface area contributed by atoms with Gasteiger partial charge in [0.05, 0.1) is 25.2 Å². The fourth-order valence-electron chi connectivity index (χ4n) is 4.10. The van der Waals surface area contributed by atoms with E-state index in [0.717, 1.165) is 4.90 Å². The van der Waals surface area contributed by atoms with Crippen molar-refractivity contribution in [3.8, 4) is 11.5 Å². The number of benzene rings is 4. The average Bonchev–Trinajstić information content (AvgIpc) is 3.04. The van der Waals surface area contributed by atoms with Gasteiger partial charge in [0.25, 0.3) is 11.8 Å². The molecule has 1 atom stereocenters. The van der Waals surface area contributed by atoms with E-state index in [0.29, 0.717) is 40.4 Å². The van der Waals surface area contributed by atoms with Gasteiger partial charge < -0.3 is 25.4 Å². The third-order valence-electron chi connectivity index (χ3n) is 6.35. The Morgan fingerprint density at radius 3 is 2.23 bits per heavy atom. The van der Waals surface area contributed by atoms with E-state index in [2.05, 4.69) is 16.0 Å². The molecule has 3 amide bonds. The second-order valence-corrected chi connectivity index (χ2v) is 10.6. The molecule has 0 saturated carbocycles. The second kappa shape index (κ2) is 15.3. The summed E-state index contributed by atoms with van der Waals surface area (Å²) < 4.78 is 10.6. The fourth-order valence-corrected chi connectivity index (χ4v) is 5.12. The Morgan fingerprint density at radius 1 is 0.814 bits per heavy atom. The number of carbonyl (C=O) groups excluding carboxylic acids is 3. The summed E-state index contributed by atoms with van der Waals surface area (Å²) in [6.07, 6.45) is 2.19. The van der Waals surface area contributed by atoms with Gasteiger partial charge in [-0.05, 0) is 72.7 Å². The van der Waals surface area contributed by atoms with Crippen molar-refractivity contribution >= 4 is 46.9 Å². The fraction of sp³-hybridized carbons (Fsp3) is 0.147. The molecule has 220 valence electrons. The molecule has 0 aliphatic heterocycles. The van der Waals surface area contributed by atoms with Crippen molar-refractivity contribution in [2.45, 2.75) is 23.5 Å². The average molecular weight is 596 g/mol. The monoisotopic (exact) mass is 595 g/mol. The van der Waals surface area contributed by atoms with E-state index in [1.807, 2.05) is 31.2 Å². The van der Waals surface area contributed by atoms with Crippen molar-refractivity contribution in [1.29, 1.82) is 0 Å². The van der Waals surface area contributed by atoms with Crippen molar-refractivity contribution in [3.63, 3.8) is 0 Å². The first-order chi connectivity index (χ1) is 20.9. The number of amides is 3. The summed E-state index contributed by atoms with van der Waals surface area (Å²) in [5.41, 5.74) is 2.31. The molecular weight excluding hydrogens is 562 g/mol.